The monoisotopic (exact) mass is 846 g/mol. The number of hydrogen-bond donors (Lipinski definition) is 0. The molecule has 0 saturated carbocycles. The third-order valence-corrected chi connectivity index (χ3v) is 12.0. The van der Waals surface area contributed by atoms with Crippen LogP contribution in [-0.2, 0) is 19.1 Å². The van der Waals surface area contributed by atoms with Crippen LogP contribution >= 0.6 is 22.7 Å². The van der Waals surface area contributed by atoms with Crippen molar-refractivity contribution < 1.29 is 19.1 Å². The summed E-state index contributed by atoms with van der Waals surface area (Å²) in [6, 6.07) is 64.8. The largest absolute Gasteiger partial charge is 0.465 e. The molecule has 62 heavy (non-hydrogen) atoms. The molecule has 0 aliphatic rings. The van der Waals surface area contributed by atoms with E-state index < -0.39 is 11.9 Å². The Bertz CT molecular complexity index is 2550. The molecule has 0 unspecified atom stereocenters. The lowest BCUT2D eigenvalue weighted by Crippen LogP contribution is -2.10. The van der Waals surface area contributed by atoms with Crippen molar-refractivity contribution in [2.45, 2.75) is 0 Å². The maximum Gasteiger partial charge on any atom is 0.338 e. The van der Waals surface area contributed by atoms with Gasteiger partial charge in [-0.2, -0.15) is 0 Å². The van der Waals surface area contributed by atoms with Crippen molar-refractivity contribution in [3.63, 3.8) is 0 Å². The summed E-state index contributed by atoms with van der Waals surface area (Å²) in [5.74, 6) is -0.817. The van der Waals surface area contributed by atoms with Gasteiger partial charge in [0.25, 0.3) is 0 Å². The molecule has 0 atom stereocenters. The minimum absolute atomic E-state index is 0.408. The van der Waals surface area contributed by atoms with E-state index in [0.717, 1.165) is 64.8 Å². The van der Waals surface area contributed by atoms with Crippen LogP contribution in [0.2, 0.25) is 0 Å². The summed E-state index contributed by atoms with van der Waals surface area (Å²) in [6.45, 7) is 0. The molecule has 304 valence electrons. The van der Waals surface area contributed by atoms with E-state index in [4.69, 9.17) is 9.47 Å². The van der Waals surface area contributed by atoms with E-state index in [1.807, 2.05) is 158 Å². The van der Waals surface area contributed by atoms with Gasteiger partial charge in [-0.15, -0.1) is 22.7 Å². The van der Waals surface area contributed by atoms with E-state index in [1.165, 1.54) is 14.2 Å². The maximum atomic E-state index is 13.1. The highest BCUT2D eigenvalue weighted by molar-refractivity contribution is 7.14. The third kappa shape index (κ3) is 9.74. The first kappa shape index (κ1) is 41.2. The van der Waals surface area contributed by atoms with E-state index >= 15 is 0 Å². The van der Waals surface area contributed by atoms with Crippen LogP contribution in [0.25, 0.3) is 35.5 Å². The Balaban J connectivity index is 0.994. The molecule has 0 bridgehead atoms. The molecule has 0 aliphatic heterocycles. The molecule has 2 aromatic heterocycles. The zero-order chi connectivity index (χ0) is 42.7. The number of para-hydroxylation sites is 4. The van der Waals surface area contributed by atoms with Crippen LogP contribution in [0.3, 0.4) is 0 Å². The highest BCUT2D eigenvalue weighted by Gasteiger charge is 2.18. The molecule has 8 aromatic rings. The number of benzene rings is 6. The Morgan fingerprint density at radius 2 is 0.645 bits per heavy atom. The van der Waals surface area contributed by atoms with Crippen molar-refractivity contribution in [1.29, 1.82) is 0 Å². The molecule has 0 aliphatic carbocycles. The van der Waals surface area contributed by atoms with Crippen molar-refractivity contribution in [3.05, 3.63) is 225 Å². The van der Waals surface area contributed by atoms with Crippen LogP contribution in [-0.4, -0.2) is 26.2 Å². The second kappa shape index (κ2) is 19.7. The van der Waals surface area contributed by atoms with Crippen molar-refractivity contribution >= 4 is 104 Å². The molecule has 6 nitrogen and oxygen atoms in total. The van der Waals surface area contributed by atoms with Gasteiger partial charge < -0.3 is 19.3 Å². The van der Waals surface area contributed by atoms with E-state index in [9.17, 15) is 9.59 Å². The van der Waals surface area contributed by atoms with Gasteiger partial charge in [-0.05, 0) is 132 Å². The second-order valence-corrected chi connectivity index (χ2v) is 16.3. The van der Waals surface area contributed by atoms with E-state index in [1.54, 1.807) is 22.7 Å². The summed E-state index contributed by atoms with van der Waals surface area (Å²) in [5.41, 5.74) is 8.54. The minimum Gasteiger partial charge on any atom is -0.465 e. The maximum absolute atomic E-state index is 13.1. The molecule has 0 saturated heterocycles. The van der Waals surface area contributed by atoms with Gasteiger partial charge in [0.2, 0.25) is 0 Å². The van der Waals surface area contributed by atoms with E-state index in [2.05, 4.69) is 70.5 Å². The number of carbonyl (C=O) groups excluding carboxylic acids is 2. The lowest BCUT2D eigenvalue weighted by molar-refractivity contribution is -0.134. The molecular formula is C54H42N2O4S2. The Labute approximate surface area is 370 Å². The SMILES string of the molecule is COC(=O)C(=Cc1ccc(C=Cc2ccc(C=C(C(=O)OC)c3ccc(N(c4ccccc4)c4ccccc4)cc3)s2)s1)c1ccc(N(c2ccccc2)c2ccccc2)cc1. The average molecular weight is 847 g/mol. The fourth-order valence-corrected chi connectivity index (χ4v) is 8.76. The number of hydrogen-bond acceptors (Lipinski definition) is 8. The number of rotatable bonds is 14. The van der Waals surface area contributed by atoms with Gasteiger partial charge >= 0.3 is 11.9 Å². The van der Waals surface area contributed by atoms with Crippen LogP contribution in [0.4, 0.5) is 34.1 Å². The fourth-order valence-electron chi connectivity index (χ4n) is 7.04. The van der Waals surface area contributed by atoms with Crippen molar-refractivity contribution in [2.24, 2.45) is 0 Å². The van der Waals surface area contributed by atoms with Gasteiger partial charge in [0.05, 0.1) is 25.4 Å². The summed E-state index contributed by atoms with van der Waals surface area (Å²) in [4.78, 5) is 34.5. The van der Waals surface area contributed by atoms with Crippen LogP contribution in [0, 0.1) is 0 Å². The number of esters is 2. The van der Waals surface area contributed by atoms with Crippen LogP contribution in [0.15, 0.2) is 194 Å². The molecule has 8 rings (SSSR count). The smallest absolute Gasteiger partial charge is 0.338 e. The van der Waals surface area contributed by atoms with Gasteiger partial charge in [-0.25, -0.2) is 9.59 Å². The Morgan fingerprint density at radius 3 is 0.935 bits per heavy atom. The number of anilines is 6. The zero-order valence-electron chi connectivity index (χ0n) is 34.1. The highest BCUT2D eigenvalue weighted by atomic mass is 32.1. The number of nitrogens with zero attached hydrogens (tertiary/aromatic N) is 2. The zero-order valence-corrected chi connectivity index (χ0v) is 35.8. The topological polar surface area (TPSA) is 59.1 Å². The predicted octanol–water partition coefficient (Wildman–Crippen LogP) is 14.3. The van der Waals surface area contributed by atoms with Gasteiger partial charge in [-0.3, -0.25) is 0 Å². The third-order valence-electron chi connectivity index (χ3n) is 10.0. The van der Waals surface area contributed by atoms with Gasteiger partial charge in [0.1, 0.15) is 0 Å². The molecule has 6 aromatic carbocycles. The van der Waals surface area contributed by atoms with Gasteiger partial charge in [0.15, 0.2) is 0 Å². The minimum atomic E-state index is -0.408. The van der Waals surface area contributed by atoms with Crippen molar-refractivity contribution in [2.75, 3.05) is 24.0 Å². The number of carbonyl (C=O) groups is 2. The molecule has 0 spiro atoms. The first-order chi connectivity index (χ1) is 30.5. The summed E-state index contributed by atoms with van der Waals surface area (Å²) in [6.07, 6.45) is 7.87. The molecular weight excluding hydrogens is 805 g/mol. The van der Waals surface area contributed by atoms with E-state index in [-0.39, 0.29) is 0 Å². The molecule has 0 N–H and O–H groups in total. The van der Waals surface area contributed by atoms with Gasteiger partial charge in [-0.1, -0.05) is 97.1 Å². The Kier molecular flexibility index (Phi) is 13.1. The second-order valence-electron chi connectivity index (χ2n) is 14.0. The summed E-state index contributed by atoms with van der Waals surface area (Å²) < 4.78 is 10.5. The molecule has 2 heterocycles. The van der Waals surface area contributed by atoms with Gasteiger partial charge in [0, 0.05) is 53.6 Å². The van der Waals surface area contributed by atoms with Crippen LogP contribution < -0.4 is 9.80 Å². The standard InChI is InChI=1S/C54H42N2O4S2/c1-59-53(57)51(39-23-27-45(28-24-39)55(41-15-7-3-8-16-41)42-17-9-4-10-18-42)37-49-35-33-47(61-49)31-32-48-34-36-50(62-48)38-52(54(58)60-2)40-25-29-46(30-26-40)56(43-19-11-5-12-20-43)44-21-13-6-14-22-44/h3-38H,1-2H3. The van der Waals surface area contributed by atoms with Crippen LogP contribution in [0.1, 0.15) is 30.6 Å². The normalized spacial score (nSPS) is 11.6. The predicted molar refractivity (Wildman–Crippen MR) is 260 cm³/mol. The summed E-state index contributed by atoms with van der Waals surface area (Å²) >= 11 is 3.15. The number of thiophene rings is 2. The fraction of sp³-hybridized carbons (Fsp3) is 0.0370. The lowest BCUT2D eigenvalue weighted by Gasteiger charge is -2.25. The lowest BCUT2D eigenvalue weighted by atomic mass is 10.0. The first-order valence-electron chi connectivity index (χ1n) is 20.0. The van der Waals surface area contributed by atoms with E-state index in [0.29, 0.717) is 11.1 Å². The molecule has 8 heteroatoms. The van der Waals surface area contributed by atoms with Crippen molar-refractivity contribution in [3.8, 4) is 0 Å². The Morgan fingerprint density at radius 1 is 0.371 bits per heavy atom. The summed E-state index contributed by atoms with van der Waals surface area (Å²) in [7, 11) is 2.81. The summed E-state index contributed by atoms with van der Waals surface area (Å²) in [5, 5.41) is 0. The molecule has 0 fully saturated rings. The number of ether oxygens (including phenoxy) is 2. The molecule has 0 amide bonds. The highest BCUT2D eigenvalue weighted by Crippen LogP contribution is 2.37. The average Bonchev–Trinajstić information content (AvgIpc) is 4.00. The van der Waals surface area contributed by atoms with Crippen LogP contribution in [0.5, 0.6) is 0 Å². The Hall–Kier alpha value is -7.52. The van der Waals surface area contributed by atoms with Crippen molar-refractivity contribution in [1.82, 2.24) is 0 Å². The quantitative estimate of drug-likeness (QED) is 0.0803. The number of methoxy groups -OCH3 is 2. The molecule has 0 radical (unpaired) electrons. The first-order valence-corrected chi connectivity index (χ1v) is 21.6.